The molecule has 0 spiro atoms. The largest absolute Gasteiger partial charge is 0.475 e. The first-order valence-electron chi connectivity index (χ1n) is 1.50. The Kier molecular flexibility index (Phi) is 5.25. The fraction of sp³-hybridized carbons (Fsp3) is 0.333. The van der Waals surface area contributed by atoms with Gasteiger partial charge in [-0.15, -0.1) is 0 Å². The van der Waals surface area contributed by atoms with Crippen molar-refractivity contribution in [1.82, 2.24) is 0 Å². The first kappa shape index (κ1) is 10.1. The summed E-state index contributed by atoms with van der Waals surface area (Å²) in [4.78, 5) is 18.9. The SMILES string of the molecule is F.O=C(O)C(=O)CF. The van der Waals surface area contributed by atoms with Gasteiger partial charge in [0, 0.05) is 0 Å². The van der Waals surface area contributed by atoms with Gasteiger partial charge in [0.15, 0.2) is 6.67 Å². The molecule has 0 atom stereocenters. The Hall–Kier alpha value is -1.00. The first-order chi connectivity index (χ1) is 3.18. The molecule has 0 radical (unpaired) electrons. The van der Waals surface area contributed by atoms with E-state index in [4.69, 9.17) is 5.11 Å². The fourth-order valence-corrected chi connectivity index (χ4v) is 0.0572. The fourth-order valence-electron chi connectivity index (χ4n) is 0.0572. The van der Waals surface area contributed by atoms with Crippen LogP contribution in [0.1, 0.15) is 0 Å². The summed E-state index contributed by atoms with van der Waals surface area (Å²) < 4.78 is 10.9. The molecule has 1 N–H and O–H groups in total. The third kappa shape index (κ3) is 3.20. The summed E-state index contributed by atoms with van der Waals surface area (Å²) in [5.74, 6) is -3.12. The summed E-state index contributed by atoms with van der Waals surface area (Å²) in [6.07, 6.45) is 0. The van der Waals surface area contributed by atoms with Gasteiger partial charge >= 0.3 is 5.97 Å². The second-order valence-electron chi connectivity index (χ2n) is 0.862. The highest BCUT2D eigenvalue weighted by atomic mass is 19.1. The van der Waals surface area contributed by atoms with Crippen molar-refractivity contribution in [3.8, 4) is 0 Å². The maximum Gasteiger partial charge on any atom is 0.375 e. The van der Waals surface area contributed by atoms with E-state index >= 15 is 0 Å². The lowest BCUT2D eigenvalue weighted by molar-refractivity contribution is -0.149. The quantitative estimate of drug-likeness (QED) is 0.519. The second kappa shape index (κ2) is 4.17. The van der Waals surface area contributed by atoms with E-state index in [0.717, 1.165) is 0 Å². The van der Waals surface area contributed by atoms with Gasteiger partial charge in [-0.1, -0.05) is 0 Å². The van der Waals surface area contributed by atoms with Gasteiger partial charge < -0.3 is 5.11 Å². The molecular formula is C3H4F2O3. The Morgan fingerprint density at radius 1 is 1.50 bits per heavy atom. The number of carboxylic acids is 1. The van der Waals surface area contributed by atoms with E-state index in [9.17, 15) is 14.0 Å². The van der Waals surface area contributed by atoms with Crippen LogP contribution in [-0.4, -0.2) is 23.5 Å². The molecule has 3 nitrogen and oxygen atoms in total. The third-order valence-electron chi connectivity index (χ3n) is 0.360. The number of carbonyl (C=O) groups excluding carboxylic acids is 1. The number of carboxylic acid groups (broad SMARTS) is 1. The van der Waals surface area contributed by atoms with Crippen LogP contribution in [0, 0.1) is 0 Å². The molecule has 0 amide bonds. The summed E-state index contributed by atoms with van der Waals surface area (Å²) in [6, 6.07) is 0. The van der Waals surface area contributed by atoms with Crippen molar-refractivity contribution < 1.29 is 23.8 Å². The molecule has 0 fully saturated rings. The Bertz CT molecular complexity index is 101. The van der Waals surface area contributed by atoms with E-state index in [1.54, 1.807) is 0 Å². The predicted octanol–water partition coefficient (Wildman–Crippen LogP) is -0.238. The average Bonchev–Trinajstić information content (AvgIpc) is 1.65. The van der Waals surface area contributed by atoms with Gasteiger partial charge in [0.1, 0.15) is 0 Å². The molecule has 0 saturated carbocycles. The number of aliphatic carboxylic acids is 1. The summed E-state index contributed by atoms with van der Waals surface area (Å²) >= 11 is 0. The number of Topliss-reactive ketones (excluding diaryl/α,β-unsaturated/α-hetero) is 1. The molecule has 0 aromatic rings. The Morgan fingerprint density at radius 3 is 1.88 bits per heavy atom. The zero-order valence-corrected chi connectivity index (χ0v) is 3.76. The van der Waals surface area contributed by atoms with Crippen LogP contribution in [0.4, 0.5) is 9.09 Å². The molecule has 5 heteroatoms. The van der Waals surface area contributed by atoms with E-state index in [1.165, 1.54) is 0 Å². The zero-order chi connectivity index (χ0) is 5.86. The minimum atomic E-state index is -1.72. The lowest BCUT2D eigenvalue weighted by Crippen LogP contribution is -2.13. The highest BCUT2D eigenvalue weighted by Crippen LogP contribution is 1.71. The van der Waals surface area contributed by atoms with Crippen LogP contribution in [0.3, 0.4) is 0 Å². The molecule has 0 aliphatic rings. The van der Waals surface area contributed by atoms with Gasteiger partial charge in [0.2, 0.25) is 0 Å². The number of rotatable bonds is 2. The van der Waals surface area contributed by atoms with Gasteiger partial charge in [0.25, 0.3) is 5.78 Å². The van der Waals surface area contributed by atoms with E-state index in [0.29, 0.717) is 0 Å². The van der Waals surface area contributed by atoms with Crippen LogP contribution in [0.5, 0.6) is 0 Å². The van der Waals surface area contributed by atoms with Crippen LogP contribution in [0.25, 0.3) is 0 Å². The molecule has 0 unspecified atom stereocenters. The molecular weight excluding hydrogens is 122 g/mol. The normalized spacial score (nSPS) is 7.12. The summed E-state index contributed by atoms with van der Waals surface area (Å²) in [5.41, 5.74) is 0. The van der Waals surface area contributed by atoms with Crippen molar-refractivity contribution in [1.29, 1.82) is 0 Å². The summed E-state index contributed by atoms with van der Waals surface area (Å²) in [7, 11) is 0. The summed E-state index contributed by atoms with van der Waals surface area (Å²) in [6.45, 7) is -1.42. The number of hydrogen-bond donors (Lipinski definition) is 1. The minimum Gasteiger partial charge on any atom is -0.475 e. The zero-order valence-electron chi connectivity index (χ0n) is 3.76. The van der Waals surface area contributed by atoms with Crippen molar-refractivity contribution in [2.24, 2.45) is 0 Å². The highest BCUT2D eigenvalue weighted by Gasteiger charge is 2.08. The van der Waals surface area contributed by atoms with Crippen molar-refractivity contribution in [2.75, 3.05) is 6.67 Å². The molecule has 0 heterocycles. The smallest absolute Gasteiger partial charge is 0.375 e. The number of carbonyl (C=O) groups is 2. The third-order valence-corrected chi connectivity index (χ3v) is 0.360. The Morgan fingerprint density at radius 2 is 1.88 bits per heavy atom. The first-order valence-corrected chi connectivity index (χ1v) is 1.50. The van der Waals surface area contributed by atoms with Crippen LogP contribution in [0.15, 0.2) is 0 Å². The molecule has 0 saturated heterocycles. The molecule has 0 aromatic heterocycles. The maximum absolute atomic E-state index is 10.9. The van der Waals surface area contributed by atoms with Gasteiger partial charge in [-0.05, 0) is 0 Å². The van der Waals surface area contributed by atoms with Crippen molar-refractivity contribution in [2.45, 2.75) is 0 Å². The van der Waals surface area contributed by atoms with Crippen LogP contribution in [-0.2, 0) is 9.59 Å². The highest BCUT2D eigenvalue weighted by molar-refractivity contribution is 6.33. The van der Waals surface area contributed by atoms with E-state index < -0.39 is 18.4 Å². The average molecular weight is 126 g/mol. The molecule has 0 aliphatic heterocycles. The number of hydrogen-bond acceptors (Lipinski definition) is 2. The Labute approximate surface area is 43.5 Å². The monoisotopic (exact) mass is 126 g/mol. The molecule has 0 bridgehead atoms. The standard InChI is InChI=1S/C3H3FO3.FH/c4-1-2(5)3(6)7;/h1H2,(H,6,7);1H. The van der Waals surface area contributed by atoms with Crippen LogP contribution in [0.2, 0.25) is 0 Å². The molecule has 0 aromatic carbocycles. The maximum atomic E-state index is 10.9. The molecule has 0 aliphatic carbocycles. The van der Waals surface area contributed by atoms with Crippen molar-refractivity contribution >= 4 is 11.8 Å². The lowest BCUT2D eigenvalue weighted by atomic mass is 10.5. The molecule has 8 heavy (non-hydrogen) atoms. The van der Waals surface area contributed by atoms with Crippen molar-refractivity contribution in [3.05, 3.63) is 0 Å². The second-order valence-corrected chi connectivity index (χ2v) is 0.862. The van der Waals surface area contributed by atoms with Gasteiger partial charge in [-0.25, -0.2) is 9.18 Å². The van der Waals surface area contributed by atoms with Gasteiger partial charge in [-0.2, -0.15) is 0 Å². The van der Waals surface area contributed by atoms with E-state index in [1.807, 2.05) is 0 Å². The molecule has 48 valence electrons. The van der Waals surface area contributed by atoms with Crippen LogP contribution >= 0.6 is 0 Å². The predicted molar refractivity (Wildman–Crippen MR) is 21.1 cm³/mol. The lowest BCUT2D eigenvalue weighted by Gasteiger charge is -1.78. The van der Waals surface area contributed by atoms with Crippen molar-refractivity contribution in [3.63, 3.8) is 0 Å². The topological polar surface area (TPSA) is 54.4 Å². The number of halogens is 2. The van der Waals surface area contributed by atoms with Gasteiger partial charge in [0.05, 0.1) is 0 Å². The van der Waals surface area contributed by atoms with Gasteiger partial charge in [-0.3, -0.25) is 9.50 Å². The molecule has 0 rings (SSSR count). The summed E-state index contributed by atoms with van der Waals surface area (Å²) in [5, 5.41) is 7.59. The van der Waals surface area contributed by atoms with E-state index in [-0.39, 0.29) is 4.70 Å². The van der Waals surface area contributed by atoms with E-state index in [2.05, 4.69) is 0 Å². The van der Waals surface area contributed by atoms with Crippen LogP contribution < -0.4 is 0 Å². The number of ketones is 1. The minimum absolute atomic E-state index is 0. The Balaban J connectivity index is 0. The number of alkyl halides is 1.